The fraction of sp³-hybridized carbons (Fsp3) is 0.160. The van der Waals surface area contributed by atoms with Gasteiger partial charge in [0.05, 0.1) is 5.56 Å². The third-order valence-electron chi connectivity index (χ3n) is 5.14. The normalized spacial score (nSPS) is 12.2. The second-order valence-corrected chi connectivity index (χ2v) is 8.26. The van der Waals surface area contributed by atoms with Gasteiger partial charge in [0.2, 0.25) is 0 Å². The highest BCUT2D eigenvalue weighted by molar-refractivity contribution is 6.35. The Morgan fingerprint density at radius 3 is 2.31 bits per heavy atom. The Morgan fingerprint density at radius 1 is 0.917 bits per heavy atom. The quantitative estimate of drug-likeness (QED) is 0.228. The van der Waals surface area contributed by atoms with Crippen LogP contribution in [0, 0.1) is 0 Å². The average molecular weight is 511 g/mol. The van der Waals surface area contributed by atoms with E-state index in [2.05, 4.69) is 15.7 Å². The van der Waals surface area contributed by atoms with Gasteiger partial charge in [-0.05, 0) is 47.4 Å². The van der Waals surface area contributed by atoms with Crippen molar-refractivity contribution in [2.45, 2.75) is 25.0 Å². The molecule has 0 aliphatic heterocycles. The Labute approximate surface area is 211 Å². The van der Waals surface area contributed by atoms with Gasteiger partial charge in [0.25, 0.3) is 5.91 Å². The van der Waals surface area contributed by atoms with E-state index in [0.29, 0.717) is 5.02 Å². The molecule has 0 spiro atoms. The lowest BCUT2D eigenvalue weighted by molar-refractivity contribution is -0.147. The van der Waals surface area contributed by atoms with Crippen molar-refractivity contribution in [2.24, 2.45) is 0 Å². The smallest absolute Gasteiger partial charge is 0.332 e. The maximum atomic E-state index is 12.4. The number of hydrogen-bond donors (Lipinski definition) is 5. The van der Waals surface area contributed by atoms with Crippen molar-refractivity contribution in [3.8, 4) is 11.1 Å². The second-order valence-electron chi connectivity index (χ2n) is 7.82. The molecule has 3 amide bonds. The highest BCUT2D eigenvalue weighted by Gasteiger charge is 2.25. The molecule has 11 heteroatoms. The minimum absolute atomic E-state index is 0.140. The summed E-state index contributed by atoms with van der Waals surface area (Å²) in [5, 5.41) is 21.9. The molecule has 1 heterocycles. The Kier molecular flexibility index (Phi) is 9.09. The molecule has 0 aliphatic rings. The molecule has 1 unspecified atom stereocenters. The van der Waals surface area contributed by atoms with Crippen LogP contribution in [0.3, 0.4) is 0 Å². The van der Waals surface area contributed by atoms with E-state index >= 15 is 0 Å². The number of nitrogens with zero attached hydrogens (tertiary/aromatic N) is 1. The minimum atomic E-state index is -1.76. The van der Waals surface area contributed by atoms with E-state index in [-0.39, 0.29) is 18.4 Å². The first kappa shape index (κ1) is 26.3. The minimum Gasteiger partial charge on any atom is -0.479 e. The summed E-state index contributed by atoms with van der Waals surface area (Å²) in [5.41, 5.74) is 6.79. The summed E-state index contributed by atoms with van der Waals surface area (Å²) < 4.78 is 0. The fourth-order valence-corrected chi connectivity index (χ4v) is 3.53. The molecule has 3 rings (SSSR count). The van der Waals surface area contributed by atoms with Crippen LogP contribution in [0.25, 0.3) is 11.1 Å². The molecule has 0 saturated carbocycles. The SMILES string of the molecule is O=C(NNC(=O)c1cccnc1)C(=O)NC(Cc1ccc(-c2cccc(Cl)c2)cc1)C[C@@H](O)C(=O)O. The summed E-state index contributed by atoms with van der Waals surface area (Å²) in [6.07, 6.45) is 0.796. The number of carbonyl (C=O) groups is 4. The van der Waals surface area contributed by atoms with Crippen LogP contribution in [-0.4, -0.2) is 51.0 Å². The number of carboxylic acids is 1. The van der Waals surface area contributed by atoms with Crippen molar-refractivity contribution < 1.29 is 29.4 Å². The zero-order chi connectivity index (χ0) is 26.1. The average Bonchev–Trinajstić information content (AvgIpc) is 2.87. The van der Waals surface area contributed by atoms with Crippen LogP contribution in [0.2, 0.25) is 5.02 Å². The van der Waals surface area contributed by atoms with Gasteiger partial charge in [-0.25, -0.2) is 4.79 Å². The molecule has 0 aliphatic carbocycles. The summed E-state index contributed by atoms with van der Waals surface area (Å²) in [6, 6.07) is 16.7. The van der Waals surface area contributed by atoms with Crippen molar-refractivity contribution in [2.75, 3.05) is 0 Å². The van der Waals surface area contributed by atoms with E-state index in [1.807, 2.05) is 35.8 Å². The van der Waals surface area contributed by atoms with Crippen LogP contribution < -0.4 is 16.2 Å². The number of aliphatic hydroxyl groups excluding tert-OH is 1. The van der Waals surface area contributed by atoms with Gasteiger partial charge in [-0.15, -0.1) is 0 Å². The number of pyridine rings is 1. The molecule has 5 N–H and O–H groups in total. The van der Waals surface area contributed by atoms with Crippen molar-refractivity contribution in [3.63, 3.8) is 0 Å². The van der Waals surface area contributed by atoms with E-state index in [1.54, 1.807) is 18.2 Å². The standard InChI is InChI=1S/C25H23ClN4O6/c26-19-5-1-3-17(12-19)16-8-6-15(7-9-16)11-20(13-21(31)25(35)36)28-23(33)24(34)30-29-22(32)18-4-2-10-27-14-18/h1-10,12,14,20-21,31H,11,13H2,(H,28,33)(H,29,32)(H,30,34)(H,35,36)/t20?,21-/m1/s1. The molecule has 2 aromatic carbocycles. The molecule has 3 aromatic rings. The lowest BCUT2D eigenvalue weighted by Crippen LogP contribution is -2.51. The number of carbonyl (C=O) groups excluding carboxylic acids is 3. The largest absolute Gasteiger partial charge is 0.479 e. The van der Waals surface area contributed by atoms with E-state index in [4.69, 9.17) is 16.7 Å². The summed E-state index contributed by atoms with van der Waals surface area (Å²) in [7, 11) is 0. The van der Waals surface area contributed by atoms with Gasteiger partial charge >= 0.3 is 17.8 Å². The van der Waals surface area contributed by atoms with E-state index in [9.17, 15) is 24.3 Å². The highest BCUT2D eigenvalue weighted by Crippen LogP contribution is 2.23. The molecule has 0 radical (unpaired) electrons. The van der Waals surface area contributed by atoms with Gasteiger partial charge in [0, 0.05) is 29.9 Å². The van der Waals surface area contributed by atoms with Gasteiger partial charge in [0.1, 0.15) is 0 Å². The Hall–Kier alpha value is -4.28. The number of carboxylic acid groups (broad SMARTS) is 1. The fourth-order valence-electron chi connectivity index (χ4n) is 3.34. The molecular formula is C25H23ClN4O6. The molecule has 0 fully saturated rings. The maximum Gasteiger partial charge on any atom is 0.332 e. The second kappa shape index (κ2) is 12.4. The Bertz CT molecular complexity index is 1240. The van der Waals surface area contributed by atoms with Crippen molar-refractivity contribution in [3.05, 3.63) is 89.2 Å². The third-order valence-corrected chi connectivity index (χ3v) is 5.38. The maximum absolute atomic E-state index is 12.4. The van der Waals surface area contributed by atoms with Gasteiger partial charge in [-0.3, -0.25) is 30.2 Å². The third kappa shape index (κ3) is 7.62. The van der Waals surface area contributed by atoms with Crippen LogP contribution in [0.4, 0.5) is 0 Å². The van der Waals surface area contributed by atoms with Gasteiger partial charge < -0.3 is 15.5 Å². The number of aliphatic hydroxyl groups is 1. The van der Waals surface area contributed by atoms with E-state index in [1.165, 1.54) is 24.5 Å². The van der Waals surface area contributed by atoms with E-state index in [0.717, 1.165) is 16.7 Å². The molecule has 36 heavy (non-hydrogen) atoms. The van der Waals surface area contributed by atoms with Crippen molar-refractivity contribution in [1.82, 2.24) is 21.2 Å². The van der Waals surface area contributed by atoms with Gasteiger partial charge in [0.15, 0.2) is 6.10 Å². The topological polar surface area (TPSA) is 158 Å². The Morgan fingerprint density at radius 2 is 1.67 bits per heavy atom. The number of aliphatic carboxylic acids is 1. The molecule has 1 aromatic heterocycles. The van der Waals surface area contributed by atoms with E-state index < -0.39 is 35.8 Å². The molecule has 0 bridgehead atoms. The monoisotopic (exact) mass is 510 g/mol. The first-order valence-electron chi connectivity index (χ1n) is 10.8. The molecule has 2 atom stereocenters. The number of amides is 3. The highest BCUT2D eigenvalue weighted by atomic mass is 35.5. The number of aromatic nitrogens is 1. The van der Waals surface area contributed by atoms with Crippen LogP contribution in [0.5, 0.6) is 0 Å². The number of rotatable bonds is 8. The first-order valence-corrected chi connectivity index (χ1v) is 11.2. The number of benzene rings is 2. The number of hydrazine groups is 1. The zero-order valence-corrected chi connectivity index (χ0v) is 19.6. The van der Waals surface area contributed by atoms with Crippen LogP contribution in [0.1, 0.15) is 22.3 Å². The molecule has 186 valence electrons. The summed E-state index contributed by atoms with van der Waals surface area (Å²) in [4.78, 5) is 51.5. The number of nitrogens with one attached hydrogen (secondary N) is 3. The Balaban J connectivity index is 1.64. The van der Waals surface area contributed by atoms with Crippen molar-refractivity contribution in [1.29, 1.82) is 0 Å². The first-order chi connectivity index (χ1) is 17.2. The van der Waals surface area contributed by atoms with Gasteiger partial charge in [-0.1, -0.05) is 48.0 Å². The van der Waals surface area contributed by atoms with Gasteiger partial charge in [-0.2, -0.15) is 0 Å². The lowest BCUT2D eigenvalue weighted by Gasteiger charge is -2.20. The predicted molar refractivity (Wildman–Crippen MR) is 131 cm³/mol. The van der Waals surface area contributed by atoms with Crippen LogP contribution in [-0.2, 0) is 20.8 Å². The zero-order valence-electron chi connectivity index (χ0n) is 18.8. The number of hydrogen-bond acceptors (Lipinski definition) is 6. The van der Waals surface area contributed by atoms with Crippen molar-refractivity contribution >= 4 is 35.3 Å². The molecule has 0 saturated heterocycles. The van der Waals surface area contributed by atoms with Crippen LogP contribution in [0.15, 0.2) is 73.1 Å². The molecular weight excluding hydrogens is 488 g/mol. The summed E-state index contributed by atoms with van der Waals surface area (Å²) in [5.74, 6) is -4.42. The summed E-state index contributed by atoms with van der Waals surface area (Å²) >= 11 is 6.04. The lowest BCUT2D eigenvalue weighted by atomic mass is 9.98. The van der Waals surface area contributed by atoms with Crippen LogP contribution >= 0.6 is 11.6 Å². The molecule has 10 nitrogen and oxygen atoms in total. The number of halogens is 1. The summed E-state index contributed by atoms with van der Waals surface area (Å²) in [6.45, 7) is 0. The predicted octanol–water partition coefficient (Wildman–Crippen LogP) is 1.73.